The van der Waals surface area contributed by atoms with Crippen molar-refractivity contribution < 1.29 is 0 Å². The molecule has 13 heavy (non-hydrogen) atoms. The van der Waals surface area contributed by atoms with E-state index in [1.54, 1.807) is 0 Å². The predicted molar refractivity (Wildman–Crippen MR) is 53.6 cm³/mol. The average Bonchev–Trinajstić information content (AvgIpc) is 2.47. The zero-order chi connectivity index (χ0) is 9.84. The van der Waals surface area contributed by atoms with Crippen molar-refractivity contribution in [3.63, 3.8) is 0 Å². The van der Waals surface area contributed by atoms with Crippen LogP contribution in [0.1, 0.15) is 11.7 Å². The highest BCUT2D eigenvalue weighted by molar-refractivity contribution is 5.06. The number of hydrogen-bond donors (Lipinski definition) is 1. The molecule has 0 bridgehead atoms. The molecular formula is C9H18N4. The maximum absolute atomic E-state index is 4.15. The van der Waals surface area contributed by atoms with Crippen molar-refractivity contribution in [3.05, 3.63) is 18.0 Å². The van der Waals surface area contributed by atoms with Crippen molar-refractivity contribution in [1.82, 2.24) is 20.0 Å². The van der Waals surface area contributed by atoms with Crippen LogP contribution in [0.4, 0.5) is 0 Å². The zero-order valence-electron chi connectivity index (χ0n) is 8.78. The van der Waals surface area contributed by atoms with Crippen molar-refractivity contribution in [1.29, 1.82) is 0 Å². The van der Waals surface area contributed by atoms with Crippen molar-refractivity contribution in [2.24, 2.45) is 7.05 Å². The van der Waals surface area contributed by atoms with E-state index in [4.69, 9.17) is 0 Å². The number of aryl methyl sites for hydroxylation is 1. The number of aromatic nitrogens is 2. The van der Waals surface area contributed by atoms with Gasteiger partial charge in [0.1, 0.15) is 0 Å². The number of likely N-dealkylation sites (N-methyl/N-ethyl adjacent to an activating group) is 2. The molecule has 0 saturated carbocycles. The molecule has 0 saturated heterocycles. The lowest BCUT2D eigenvalue weighted by molar-refractivity contribution is 0.343. The van der Waals surface area contributed by atoms with Gasteiger partial charge in [0.25, 0.3) is 0 Å². The van der Waals surface area contributed by atoms with Crippen molar-refractivity contribution in [2.75, 3.05) is 27.7 Å². The second kappa shape index (κ2) is 4.39. The van der Waals surface area contributed by atoms with E-state index in [9.17, 15) is 0 Å². The average molecular weight is 182 g/mol. The molecule has 1 aromatic heterocycles. The molecule has 0 aromatic carbocycles. The minimum atomic E-state index is 0.350. The van der Waals surface area contributed by atoms with Crippen LogP contribution in [0.5, 0.6) is 0 Å². The molecule has 0 aliphatic carbocycles. The maximum atomic E-state index is 4.15. The number of nitrogens with one attached hydrogen (secondary N) is 1. The van der Waals surface area contributed by atoms with Gasteiger partial charge in [-0.05, 0) is 27.2 Å². The van der Waals surface area contributed by atoms with Gasteiger partial charge in [-0.15, -0.1) is 0 Å². The first-order valence-electron chi connectivity index (χ1n) is 4.45. The molecule has 0 aliphatic rings. The van der Waals surface area contributed by atoms with Gasteiger partial charge in [-0.25, -0.2) is 0 Å². The third-order valence-corrected chi connectivity index (χ3v) is 2.11. The van der Waals surface area contributed by atoms with Gasteiger partial charge < -0.3 is 10.2 Å². The van der Waals surface area contributed by atoms with Crippen molar-refractivity contribution >= 4 is 0 Å². The molecule has 0 radical (unpaired) electrons. The Morgan fingerprint density at radius 2 is 2.31 bits per heavy atom. The molecule has 1 rings (SSSR count). The Bertz CT molecular complexity index is 254. The molecule has 1 heterocycles. The van der Waals surface area contributed by atoms with Crippen LogP contribution >= 0.6 is 0 Å². The number of hydrogen-bond acceptors (Lipinski definition) is 3. The molecule has 1 N–H and O–H groups in total. The van der Waals surface area contributed by atoms with Crippen LogP contribution in [0, 0.1) is 0 Å². The van der Waals surface area contributed by atoms with Gasteiger partial charge in [-0.3, -0.25) is 4.68 Å². The largest absolute Gasteiger partial charge is 0.311 e. The van der Waals surface area contributed by atoms with Crippen LogP contribution in [0.15, 0.2) is 12.3 Å². The Morgan fingerprint density at radius 1 is 1.62 bits per heavy atom. The first-order valence-corrected chi connectivity index (χ1v) is 4.45. The van der Waals surface area contributed by atoms with Gasteiger partial charge in [-0.1, -0.05) is 0 Å². The fraction of sp³-hybridized carbons (Fsp3) is 0.667. The molecule has 0 amide bonds. The minimum absolute atomic E-state index is 0.350. The topological polar surface area (TPSA) is 33.1 Å². The lowest BCUT2D eigenvalue weighted by atomic mass is 10.2. The summed E-state index contributed by atoms with van der Waals surface area (Å²) < 4.78 is 1.91. The van der Waals surface area contributed by atoms with E-state index < -0.39 is 0 Å². The highest BCUT2D eigenvalue weighted by Crippen LogP contribution is 2.10. The quantitative estimate of drug-likeness (QED) is 0.724. The van der Waals surface area contributed by atoms with Gasteiger partial charge in [-0.2, -0.15) is 5.10 Å². The van der Waals surface area contributed by atoms with Crippen LogP contribution in [0.25, 0.3) is 0 Å². The highest BCUT2D eigenvalue weighted by Gasteiger charge is 2.12. The van der Waals surface area contributed by atoms with Crippen LogP contribution in [-0.4, -0.2) is 42.4 Å². The van der Waals surface area contributed by atoms with Crippen LogP contribution in [0.3, 0.4) is 0 Å². The standard InChI is InChI=1S/C9H18N4/c1-10-8(7-12(2)3)9-5-6-11-13(9)4/h5-6,8,10H,7H2,1-4H3. The molecule has 0 fully saturated rings. The van der Waals surface area contributed by atoms with E-state index in [0.29, 0.717) is 6.04 Å². The Labute approximate surface area is 79.5 Å². The van der Waals surface area contributed by atoms with Crippen LogP contribution in [-0.2, 0) is 7.05 Å². The van der Waals surface area contributed by atoms with Crippen molar-refractivity contribution in [2.45, 2.75) is 6.04 Å². The molecule has 0 aliphatic heterocycles. The molecule has 4 heteroatoms. The first-order chi connectivity index (χ1) is 6.15. The summed E-state index contributed by atoms with van der Waals surface area (Å²) in [6, 6.07) is 2.40. The van der Waals surface area contributed by atoms with Gasteiger partial charge in [0.05, 0.1) is 11.7 Å². The van der Waals surface area contributed by atoms with E-state index in [1.165, 1.54) is 5.69 Å². The molecule has 1 aromatic rings. The second-order valence-corrected chi connectivity index (χ2v) is 3.48. The summed E-state index contributed by atoms with van der Waals surface area (Å²) in [5.41, 5.74) is 1.22. The van der Waals surface area contributed by atoms with Crippen LogP contribution < -0.4 is 5.32 Å². The molecule has 0 spiro atoms. The van der Waals surface area contributed by atoms with Gasteiger partial charge >= 0.3 is 0 Å². The van der Waals surface area contributed by atoms with Gasteiger partial charge in [0.2, 0.25) is 0 Å². The fourth-order valence-electron chi connectivity index (χ4n) is 1.42. The number of nitrogens with zero attached hydrogens (tertiary/aromatic N) is 3. The smallest absolute Gasteiger partial charge is 0.0618 e. The predicted octanol–water partition coefficient (Wildman–Crippen LogP) is 0.242. The lowest BCUT2D eigenvalue weighted by Gasteiger charge is -2.20. The Hall–Kier alpha value is -0.870. The summed E-state index contributed by atoms with van der Waals surface area (Å²) in [4.78, 5) is 2.16. The van der Waals surface area contributed by atoms with E-state index in [-0.39, 0.29) is 0 Å². The normalized spacial score (nSPS) is 13.6. The Morgan fingerprint density at radius 3 is 2.69 bits per heavy atom. The van der Waals surface area contributed by atoms with Gasteiger partial charge in [0, 0.05) is 19.8 Å². The second-order valence-electron chi connectivity index (χ2n) is 3.48. The Kier molecular flexibility index (Phi) is 3.45. The van der Waals surface area contributed by atoms with E-state index in [0.717, 1.165) is 6.54 Å². The summed E-state index contributed by atoms with van der Waals surface area (Å²) >= 11 is 0. The fourth-order valence-corrected chi connectivity index (χ4v) is 1.42. The summed E-state index contributed by atoms with van der Waals surface area (Å²) in [6.07, 6.45) is 1.83. The lowest BCUT2D eigenvalue weighted by Crippen LogP contribution is -2.30. The van der Waals surface area contributed by atoms with E-state index >= 15 is 0 Å². The summed E-state index contributed by atoms with van der Waals surface area (Å²) in [7, 11) is 8.08. The Balaban J connectivity index is 2.72. The first kappa shape index (κ1) is 10.2. The van der Waals surface area contributed by atoms with E-state index in [1.807, 2.05) is 31.0 Å². The highest BCUT2D eigenvalue weighted by atomic mass is 15.3. The minimum Gasteiger partial charge on any atom is -0.311 e. The molecule has 4 nitrogen and oxygen atoms in total. The summed E-state index contributed by atoms with van der Waals surface area (Å²) in [6.45, 7) is 0.982. The third-order valence-electron chi connectivity index (χ3n) is 2.11. The SMILES string of the molecule is CNC(CN(C)C)c1ccnn1C. The number of rotatable bonds is 4. The van der Waals surface area contributed by atoms with Gasteiger partial charge in [0.15, 0.2) is 0 Å². The van der Waals surface area contributed by atoms with Crippen LogP contribution in [0.2, 0.25) is 0 Å². The molecule has 1 atom stereocenters. The zero-order valence-corrected chi connectivity index (χ0v) is 8.78. The van der Waals surface area contributed by atoms with E-state index in [2.05, 4.69) is 29.4 Å². The third kappa shape index (κ3) is 2.54. The molecular weight excluding hydrogens is 164 g/mol. The molecule has 74 valence electrons. The molecule has 1 unspecified atom stereocenters. The van der Waals surface area contributed by atoms with Crippen molar-refractivity contribution in [3.8, 4) is 0 Å². The summed E-state index contributed by atoms with van der Waals surface area (Å²) in [5, 5.41) is 7.43. The monoisotopic (exact) mass is 182 g/mol. The summed E-state index contributed by atoms with van der Waals surface area (Å²) in [5.74, 6) is 0. The maximum Gasteiger partial charge on any atom is 0.0618 e.